The van der Waals surface area contributed by atoms with Crippen LogP contribution in [0.3, 0.4) is 0 Å². The smallest absolute Gasteiger partial charge is 0.339 e. The number of benzene rings is 2. The Morgan fingerprint density at radius 2 is 1.96 bits per heavy atom. The maximum absolute atomic E-state index is 11.1. The predicted octanol–water partition coefficient (Wildman–Crippen LogP) is 3.51. The van der Waals surface area contributed by atoms with Crippen LogP contribution in [-0.4, -0.2) is 41.2 Å². The summed E-state index contributed by atoms with van der Waals surface area (Å²) in [6.45, 7) is 1.85. The number of fused-ring (bicyclic) bond motifs is 1. The summed E-state index contributed by atoms with van der Waals surface area (Å²) in [5, 5.41) is 10.2. The first-order chi connectivity index (χ1) is 11.6. The minimum absolute atomic E-state index is 0.186. The zero-order valence-corrected chi connectivity index (χ0v) is 14.1. The van der Waals surface area contributed by atoms with Crippen LogP contribution < -0.4 is 4.74 Å². The molecule has 124 valence electrons. The normalized spacial score (nSPS) is 11.1. The summed E-state index contributed by atoms with van der Waals surface area (Å²) in [4.78, 5) is 17.9. The Bertz CT molecular complexity index is 814. The minimum Gasteiger partial charge on any atom is -0.491 e. The lowest BCUT2D eigenvalue weighted by atomic mass is 10.2. The number of para-hydroxylation sites is 2. The number of carboxylic acid groups (broad SMARTS) is 1. The van der Waals surface area contributed by atoms with Crippen LogP contribution in [0.25, 0.3) is 10.2 Å². The van der Waals surface area contributed by atoms with E-state index in [2.05, 4.69) is 16.0 Å². The molecule has 1 heterocycles. The minimum atomic E-state index is -0.978. The lowest BCUT2D eigenvalue weighted by Gasteiger charge is -2.16. The lowest BCUT2D eigenvalue weighted by Crippen LogP contribution is -2.24. The van der Waals surface area contributed by atoms with Gasteiger partial charge in [-0.05, 0) is 31.3 Å². The van der Waals surface area contributed by atoms with E-state index in [1.165, 1.54) is 4.70 Å². The van der Waals surface area contributed by atoms with Crippen LogP contribution in [0.5, 0.6) is 5.75 Å². The van der Waals surface area contributed by atoms with Crippen molar-refractivity contribution < 1.29 is 14.6 Å². The van der Waals surface area contributed by atoms with E-state index in [1.807, 2.05) is 25.2 Å². The maximum atomic E-state index is 11.1. The molecule has 2 aromatic carbocycles. The van der Waals surface area contributed by atoms with Gasteiger partial charge in [-0.25, -0.2) is 9.78 Å². The van der Waals surface area contributed by atoms with E-state index in [9.17, 15) is 4.79 Å². The van der Waals surface area contributed by atoms with Gasteiger partial charge in [0.1, 0.15) is 22.9 Å². The van der Waals surface area contributed by atoms with Crippen LogP contribution in [0.15, 0.2) is 48.5 Å². The number of aromatic nitrogens is 1. The number of hydrogen-bond donors (Lipinski definition) is 1. The van der Waals surface area contributed by atoms with Crippen LogP contribution in [-0.2, 0) is 6.54 Å². The molecule has 0 bridgehead atoms. The van der Waals surface area contributed by atoms with Crippen molar-refractivity contribution in [1.82, 2.24) is 9.88 Å². The maximum Gasteiger partial charge on any atom is 0.339 e. The Kier molecular flexibility index (Phi) is 5.08. The fourth-order valence-corrected chi connectivity index (χ4v) is 3.43. The molecule has 0 unspecified atom stereocenters. The molecule has 5 nitrogen and oxygen atoms in total. The molecule has 6 heteroatoms. The van der Waals surface area contributed by atoms with Gasteiger partial charge in [-0.3, -0.25) is 4.90 Å². The summed E-state index contributed by atoms with van der Waals surface area (Å²) in [6.07, 6.45) is 0. The second kappa shape index (κ2) is 7.42. The average Bonchev–Trinajstić information content (AvgIpc) is 2.97. The first kappa shape index (κ1) is 16.4. The van der Waals surface area contributed by atoms with Crippen LogP contribution in [0, 0.1) is 0 Å². The average molecular weight is 342 g/mol. The number of nitrogens with zero attached hydrogens (tertiary/aromatic N) is 2. The number of likely N-dealkylation sites (N-methyl/N-ethyl adjacent to an activating group) is 1. The van der Waals surface area contributed by atoms with Crippen molar-refractivity contribution in [2.24, 2.45) is 0 Å². The standard InChI is InChI=1S/C18H18N2O3S/c1-20(12-17-19-14-7-3-5-9-16(14)24-17)10-11-23-15-8-4-2-6-13(15)18(21)22/h2-9H,10-12H2,1H3,(H,21,22). The Labute approximate surface area is 144 Å². The quantitative estimate of drug-likeness (QED) is 0.712. The van der Waals surface area contributed by atoms with E-state index < -0.39 is 5.97 Å². The van der Waals surface area contributed by atoms with Crippen molar-refractivity contribution in [1.29, 1.82) is 0 Å². The van der Waals surface area contributed by atoms with Gasteiger partial charge < -0.3 is 9.84 Å². The molecule has 0 fully saturated rings. The Morgan fingerprint density at radius 3 is 2.75 bits per heavy atom. The molecule has 0 atom stereocenters. The molecule has 0 spiro atoms. The predicted molar refractivity (Wildman–Crippen MR) is 94.9 cm³/mol. The third-order valence-electron chi connectivity index (χ3n) is 3.59. The van der Waals surface area contributed by atoms with Gasteiger partial charge in [0.05, 0.1) is 16.8 Å². The number of hydrogen-bond acceptors (Lipinski definition) is 5. The molecule has 1 N–H and O–H groups in total. The first-order valence-corrected chi connectivity index (χ1v) is 8.43. The third-order valence-corrected chi connectivity index (χ3v) is 4.61. The van der Waals surface area contributed by atoms with E-state index in [1.54, 1.807) is 35.6 Å². The van der Waals surface area contributed by atoms with Gasteiger partial charge in [-0.2, -0.15) is 0 Å². The van der Waals surface area contributed by atoms with Crippen LogP contribution in [0.2, 0.25) is 0 Å². The fraction of sp³-hybridized carbons (Fsp3) is 0.222. The highest BCUT2D eigenvalue weighted by molar-refractivity contribution is 7.18. The van der Waals surface area contributed by atoms with Gasteiger partial charge in [0.2, 0.25) is 0 Å². The Balaban J connectivity index is 1.54. The SMILES string of the molecule is CN(CCOc1ccccc1C(=O)O)Cc1nc2ccccc2s1. The first-order valence-electron chi connectivity index (χ1n) is 7.61. The van der Waals surface area contributed by atoms with Gasteiger partial charge in [0.15, 0.2) is 0 Å². The number of carbonyl (C=O) groups is 1. The summed E-state index contributed by atoms with van der Waals surface area (Å²) >= 11 is 1.69. The molecule has 3 aromatic rings. The van der Waals surface area contributed by atoms with Crippen molar-refractivity contribution in [3.8, 4) is 5.75 Å². The molecule has 0 amide bonds. The van der Waals surface area contributed by atoms with Gasteiger partial charge >= 0.3 is 5.97 Å². The molecule has 0 radical (unpaired) electrons. The van der Waals surface area contributed by atoms with Crippen molar-refractivity contribution in [3.63, 3.8) is 0 Å². The molecule has 0 aliphatic rings. The Morgan fingerprint density at radius 1 is 1.21 bits per heavy atom. The largest absolute Gasteiger partial charge is 0.491 e. The topological polar surface area (TPSA) is 62.7 Å². The summed E-state index contributed by atoms with van der Waals surface area (Å²) in [5.41, 5.74) is 1.21. The lowest BCUT2D eigenvalue weighted by molar-refractivity contribution is 0.0691. The molecule has 3 rings (SSSR count). The van der Waals surface area contributed by atoms with Crippen molar-refractivity contribution >= 4 is 27.5 Å². The molecular formula is C18H18N2O3S. The van der Waals surface area contributed by atoms with E-state index in [-0.39, 0.29) is 5.56 Å². The van der Waals surface area contributed by atoms with Crippen molar-refractivity contribution in [2.75, 3.05) is 20.2 Å². The van der Waals surface area contributed by atoms with Gasteiger partial charge in [-0.15, -0.1) is 11.3 Å². The number of carboxylic acids is 1. The molecule has 24 heavy (non-hydrogen) atoms. The highest BCUT2D eigenvalue weighted by atomic mass is 32.1. The highest BCUT2D eigenvalue weighted by Gasteiger charge is 2.11. The monoisotopic (exact) mass is 342 g/mol. The zero-order valence-electron chi connectivity index (χ0n) is 13.3. The molecule has 1 aromatic heterocycles. The van der Waals surface area contributed by atoms with Gasteiger partial charge in [-0.1, -0.05) is 24.3 Å². The highest BCUT2D eigenvalue weighted by Crippen LogP contribution is 2.22. The van der Waals surface area contributed by atoms with E-state index >= 15 is 0 Å². The second-order valence-electron chi connectivity index (χ2n) is 5.46. The van der Waals surface area contributed by atoms with E-state index in [0.29, 0.717) is 18.9 Å². The van der Waals surface area contributed by atoms with Crippen LogP contribution >= 0.6 is 11.3 Å². The van der Waals surface area contributed by atoms with Crippen LogP contribution in [0.1, 0.15) is 15.4 Å². The number of rotatable bonds is 7. The second-order valence-corrected chi connectivity index (χ2v) is 6.58. The number of aromatic carboxylic acids is 1. The number of ether oxygens (including phenoxy) is 1. The van der Waals surface area contributed by atoms with Crippen LogP contribution in [0.4, 0.5) is 0 Å². The molecule has 0 aliphatic heterocycles. The fourth-order valence-electron chi connectivity index (χ4n) is 2.38. The zero-order chi connectivity index (χ0) is 16.9. The summed E-state index contributed by atoms with van der Waals surface area (Å²) in [5.74, 6) is -0.577. The Hall–Kier alpha value is -2.44. The summed E-state index contributed by atoms with van der Waals surface area (Å²) in [6, 6.07) is 14.8. The van der Waals surface area contributed by atoms with Gasteiger partial charge in [0, 0.05) is 6.54 Å². The van der Waals surface area contributed by atoms with E-state index in [0.717, 1.165) is 17.1 Å². The molecule has 0 saturated carbocycles. The molecule has 0 aliphatic carbocycles. The van der Waals surface area contributed by atoms with Gasteiger partial charge in [0.25, 0.3) is 0 Å². The van der Waals surface area contributed by atoms with Crippen molar-refractivity contribution in [3.05, 3.63) is 59.1 Å². The van der Waals surface area contributed by atoms with E-state index in [4.69, 9.17) is 9.84 Å². The van der Waals surface area contributed by atoms with Crippen molar-refractivity contribution in [2.45, 2.75) is 6.54 Å². The third kappa shape index (κ3) is 3.90. The molecule has 0 saturated heterocycles. The number of thiazole rings is 1. The summed E-state index contributed by atoms with van der Waals surface area (Å²) in [7, 11) is 2.00. The summed E-state index contributed by atoms with van der Waals surface area (Å²) < 4.78 is 6.81. The molecular weight excluding hydrogens is 324 g/mol.